The number of esters is 1. The minimum absolute atomic E-state index is 0.0511. The maximum atomic E-state index is 12.0. The van der Waals surface area contributed by atoms with Crippen molar-refractivity contribution in [2.45, 2.75) is 32.8 Å². The molecule has 2 fully saturated rings. The highest BCUT2D eigenvalue weighted by molar-refractivity contribution is 5.86. The molecule has 1 atom stereocenters. The first kappa shape index (κ1) is 16.2. The highest BCUT2D eigenvalue weighted by atomic mass is 16.7. The molecule has 0 aromatic heterocycles. The third kappa shape index (κ3) is 3.93. The van der Waals surface area contributed by atoms with Gasteiger partial charge in [-0.2, -0.15) is 0 Å². The summed E-state index contributed by atoms with van der Waals surface area (Å²) in [4.78, 5) is 29.3. The minimum atomic E-state index is -0.571. The van der Waals surface area contributed by atoms with Crippen molar-refractivity contribution < 1.29 is 29.0 Å². The fourth-order valence-corrected chi connectivity index (χ4v) is 2.17. The number of amides is 1. The summed E-state index contributed by atoms with van der Waals surface area (Å²) >= 11 is 0. The second-order valence-corrected chi connectivity index (χ2v) is 6.81. The van der Waals surface area contributed by atoms with Gasteiger partial charge in [-0.05, 0) is 20.8 Å². The van der Waals surface area contributed by atoms with Crippen LogP contribution in [0.5, 0.6) is 0 Å². The first-order valence-corrected chi connectivity index (χ1v) is 7.09. The molecule has 7 heteroatoms. The van der Waals surface area contributed by atoms with Gasteiger partial charge in [-0.15, -0.1) is 0 Å². The zero-order valence-corrected chi connectivity index (χ0v) is 12.8. The molecule has 2 rings (SSSR count). The highest BCUT2D eigenvalue weighted by Gasteiger charge is 2.42. The van der Waals surface area contributed by atoms with Gasteiger partial charge in [-0.3, -0.25) is 14.4 Å². The van der Waals surface area contributed by atoms with E-state index < -0.39 is 16.9 Å². The molecule has 0 aromatic carbocycles. The zero-order valence-electron chi connectivity index (χ0n) is 12.8. The van der Waals surface area contributed by atoms with E-state index in [0.717, 1.165) is 0 Å². The molecule has 1 N–H and O–H groups in total. The van der Waals surface area contributed by atoms with Crippen molar-refractivity contribution in [3.05, 3.63) is 0 Å². The summed E-state index contributed by atoms with van der Waals surface area (Å²) in [5.41, 5.74) is -0.997. The lowest BCUT2D eigenvalue weighted by Gasteiger charge is -2.39. The number of hydrogen-bond acceptors (Lipinski definition) is 6. The van der Waals surface area contributed by atoms with Gasteiger partial charge in [0.2, 0.25) is 5.91 Å². The van der Waals surface area contributed by atoms with E-state index in [4.69, 9.17) is 14.3 Å². The molecule has 1 unspecified atom stereocenters. The number of ether oxygens (including phenoxy) is 2. The molecule has 21 heavy (non-hydrogen) atoms. The van der Waals surface area contributed by atoms with Crippen LogP contribution in [0.3, 0.4) is 0 Å². The molecule has 7 nitrogen and oxygen atoms in total. The Morgan fingerprint density at radius 2 is 2.14 bits per heavy atom. The Kier molecular flexibility index (Phi) is 4.55. The van der Waals surface area contributed by atoms with Gasteiger partial charge < -0.3 is 14.6 Å². The SMILES string of the molecule is CC(C)(C)OC(=O)C1CC(=O)N(OCC2(CO)COC2)C1. The number of hydrogen-bond donors (Lipinski definition) is 1. The largest absolute Gasteiger partial charge is 0.460 e. The van der Waals surface area contributed by atoms with Crippen LogP contribution in [0, 0.1) is 11.3 Å². The van der Waals surface area contributed by atoms with Crippen molar-refractivity contribution in [3.8, 4) is 0 Å². The molecule has 0 saturated carbocycles. The van der Waals surface area contributed by atoms with Crippen LogP contribution in [0.2, 0.25) is 0 Å². The van der Waals surface area contributed by atoms with Gasteiger partial charge in [0.1, 0.15) is 5.60 Å². The summed E-state index contributed by atoms with van der Waals surface area (Å²) in [6.07, 6.45) is 0.0948. The number of nitrogens with zero attached hydrogens (tertiary/aromatic N) is 1. The molecule has 0 spiro atoms. The van der Waals surface area contributed by atoms with Crippen LogP contribution in [-0.4, -0.2) is 60.6 Å². The van der Waals surface area contributed by atoms with Gasteiger partial charge in [0.05, 0.1) is 44.3 Å². The second-order valence-electron chi connectivity index (χ2n) is 6.81. The molecular weight excluding hydrogens is 278 g/mol. The molecule has 120 valence electrons. The number of aliphatic hydroxyl groups excluding tert-OH is 1. The average molecular weight is 301 g/mol. The Hall–Kier alpha value is -1.18. The number of hydroxylamine groups is 2. The predicted octanol–water partition coefficient (Wildman–Crippen LogP) is 0.117. The van der Waals surface area contributed by atoms with Crippen LogP contribution in [0.4, 0.5) is 0 Å². The van der Waals surface area contributed by atoms with Gasteiger partial charge in [-0.1, -0.05) is 0 Å². The first-order valence-electron chi connectivity index (χ1n) is 7.09. The van der Waals surface area contributed by atoms with Gasteiger partial charge in [0.25, 0.3) is 0 Å². The molecule has 2 aliphatic rings. The van der Waals surface area contributed by atoms with Crippen LogP contribution >= 0.6 is 0 Å². The molecule has 2 aliphatic heterocycles. The van der Waals surface area contributed by atoms with Crippen molar-refractivity contribution in [1.29, 1.82) is 0 Å². The van der Waals surface area contributed by atoms with E-state index in [1.54, 1.807) is 20.8 Å². The van der Waals surface area contributed by atoms with Crippen molar-refractivity contribution >= 4 is 11.9 Å². The number of aliphatic hydroxyl groups is 1. The molecular formula is C14H23NO6. The minimum Gasteiger partial charge on any atom is -0.460 e. The Bertz CT molecular complexity index is 407. The maximum Gasteiger partial charge on any atom is 0.311 e. The van der Waals surface area contributed by atoms with Crippen LogP contribution in [-0.2, 0) is 23.9 Å². The number of rotatable bonds is 5. The van der Waals surface area contributed by atoms with E-state index in [2.05, 4.69) is 0 Å². The van der Waals surface area contributed by atoms with E-state index in [1.807, 2.05) is 0 Å². The zero-order chi connectivity index (χ0) is 15.7. The van der Waals surface area contributed by atoms with E-state index in [9.17, 15) is 14.7 Å². The Morgan fingerprint density at radius 3 is 2.62 bits per heavy atom. The normalized spacial score (nSPS) is 24.9. The van der Waals surface area contributed by atoms with Crippen LogP contribution in [0.1, 0.15) is 27.2 Å². The molecule has 0 aliphatic carbocycles. The fraction of sp³-hybridized carbons (Fsp3) is 0.857. The van der Waals surface area contributed by atoms with Gasteiger partial charge in [0.15, 0.2) is 0 Å². The standard InChI is InChI=1S/C14H23NO6/c1-13(2,3)21-12(18)10-4-11(17)15(5-10)20-9-14(6-16)7-19-8-14/h10,16H,4-9H2,1-3H3. The van der Waals surface area contributed by atoms with Crippen LogP contribution < -0.4 is 0 Å². The van der Waals surface area contributed by atoms with Gasteiger partial charge in [-0.25, -0.2) is 5.06 Å². The van der Waals surface area contributed by atoms with Gasteiger partial charge >= 0.3 is 5.97 Å². The van der Waals surface area contributed by atoms with E-state index in [-0.39, 0.29) is 38.1 Å². The highest BCUT2D eigenvalue weighted by Crippen LogP contribution is 2.29. The monoisotopic (exact) mass is 301 g/mol. The molecule has 2 saturated heterocycles. The summed E-state index contributed by atoms with van der Waals surface area (Å²) < 4.78 is 10.4. The van der Waals surface area contributed by atoms with E-state index in [0.29, 0.717) is 13.2 Å². The summed E-state index contributed by atoms with van der Waals surface area (Å²) in [5.74, 6) is -1.12. The molecule has 0 radical (unpaired) electrons. The predicted molar refractivity (Wildman–Crippen MR) is 72.0 cm³/mol. The number of carbonyl (C=O) groups is 2. The Labute approximate surface area is 124 Å². The Morgan fingerprint density at radius 1 is 1.48 bits per heavy atom. The molecule has 1 amide bonds. The third-order valence-corrected chi connectivity index (χ3v) is 3.50. The number of carbonyl (C=O) groups excluding carboxylic acids is 2. The van der Waals surface area contributed by atoms with E-state index >= 15 is 0 Å². The molecule has 2 heterocycles. The fourth-order valence-electron chi connectivity index (χ4n) is 2.17. The lowest BCUT2D eigenvalue weighted by molar-refractivity contribution is -0.231. The lowest BCUT2D eigenvalue weighted by atomic mass is 9.88. The van der Waals surface area contributed by atoms with Gasteiger partial charge in [0, 0.05) is 6.42 Å². The second kappa shape index (κ2) is 5.90. The smallest absolute Gasteiger partial charge is 0.311 e. The van der Waals surface area contributed by atoms with Crippen molar-refractivity contribution in [1.82, 2.24) is 5.06 Å². The summed E-state index contributed by atoms with van der Waals surface area (Å²) in [7, 11) is 0. The summed E-state index contributed by atoms with van der Waals surface area (Å²) in [6, 6.07) is 0. The summed E-state index contributed by atoms with van der Waals surface area (Å²) in [6.45, 7) is 6.55. The molecule has 0 aromatic rings. The Balaban J connectivity index is 1.83. The average Bonchev–Trinajstić information content (AvgIpc) is 2.68. The first-order chi connectivity index (χ1) is 9.75. The topological polar surface area (TPSA) is 85.3 Å². The third-order valence-electron chi connectivity index (χ3n) is 3.50. The lowest BCUT2D eigenvalue weighted by Crippen LogP contribution is -2.50. The quantitative estimate of drug-likeness (QED) is 0.726. The van der Waals surface area contributed by atoms with Crippen LogP contribution in [0.25, 0.3) is 0 Å². The maximum absolute atomic E-state index is 12.0. The van der Waals surface area contributed by atoms with Crippen LogP contribution in [0.15, 0.2) is 0 Å². The molecule has 0 bridgehead atoms. The van der Waals surface area contributed by atoms with Crippen molar-refractivity contribution in [2.24, 2.45) is 11.3 Å². The summed E-state index contributed by atoms with van der Waals surface area (Å²) in [5, 5.41) is 10.5. The van der Waals surface area contributed by atoms with Crippen molar-refractivity contribution in [3.63, 3.8) is 0 Å². The van der Waals surface area contributed by atoms with Crippen molar-refractivity contribution in [2.75, 3.05) is 33.0 Å². The van der Waals surface area contributed by atoms with E-state index in [1.165, 1.54) is 5.06 Å².